The lowest BCUT2D eigenvalue weighted by atomic mass is 10.2. The van der Waals surface area contributed by atoms with Crippen molar-refractivity contribution in [2.45, 2.75) is 6.92 Å². The van der Waals surface area contributed by atoms with Crippen molar-refractivity contribution in [3.05, 3.63) is 51.4 Å². The Labute approximate surface area is 124 Å². The number of rotatable bonds is 4. The Bertz CT molecular complexity index is 725. The summed E-state index contributed by atoms with van der Waals surface area (Å²) in [6.45, 7) is 1.33. The van der Waals surface area contributed by atoms with Crippen molar-refractivity contribution in [2.24, 2.45) is 5.10 Å². The minimum atomic E-state index is -0.498. The summed E-state index contributed by atoms with van der Waals surface area (Å²) in [5, 5.41) is 9.73. The molecule has 0 spiro atoms. The summed E-state index contributed by atoms with van der Waals surface area (Å²) in [4.78, 5) is 22.0. The molecule has 1 aromatic carbocycles. The van der Waals surface area contributed by atoms with Crippen molar-refractivity contribution < 1.29 is 9.53 Å². The molecule has 7 nitrogen and oxygen atoms in total. The fraction of sp³-hybridized carbons (Fsp3) is 0.0769. The van der Waals surface area contributed by atoms with Crippen LogP contribution in [-0.2, 0) is 4.79 Å². The minimum absolute atomic E-state index is 0.0210. The molecule has 0 aliphatic heterocycles. The maximum absolute atomic E-state index is 11.2. The number of hydrazone groups is 1. The molecule has 2 N–H and O–H groups in total. The number of benzene rings is 1. The van der Waals surface area contributed by atoms with Crippen molar-refractivity contribution in [1.82, 2.24) is 10.2 Å². The first-order valence-corrected chi connectivity index (χ1v) is 6.25. The number of nitrogens with one attached hydrogen (secondary N) is 2. The normalized spacial score (nSPS) is 10.6. The van der Waals surface area contributed by atoms with Crippen LogP contribution in [0.5, 0.6) is 5.75 Å². The van der Waals surface area contributed by atoms with Gasteiger partial charge in [0.25, 0.3) is 5.56 Å². The van der Waals surface area contributed by atoms with Gasteiger partial charge in [-0.3, -0.25) is 15.0 Å². The lowest BCUT2D eigenvalue weighted by Gasteiger charge is -2.02. The van der Waals surface area contributed by atoms with Crippen molar-refractivity contribution in [3.63, 3.8) is 0 Å². The number of anilines is 1. The van der Waals surface area contributed by atoms with Crippen LogP contribution in [0.25, 0.3) is 0 Å². The first-order valence-electron chi connectivity index (χ1n) is 5.87. The average Bonchev–Trinajstić information content (AvgIpc) is 2.45. The van der Waals surface area contributed by atoms with Crippen molar-refractivity contribution in [1.29, 1.82) is 0 Å². The molecule has 0 aliphatic carbocycles. The van der Waals surface area contributed by atoms with E-state index in [0.717, 1.165) is 5.56 Å². The van der Waals surface area contributed by atoms with Crippen LogP contribution in [-0.4, -0.2) is 22.4 Å². The second kappa shape index (κ2) is 6.67. The monoisotopic (exact) mass is 306 g/mol. The van der Waals surface area contributed by atoms with Gasteiger partial charge in [-0.25, -0.2) is 5.10 Å². The summed E-state index contributed by atoms with van der Waals surface area (Å²) in [6, 6.07) is 6.73. The molecule has 108 valence electrons. The molecule has 2 aromatic rings. The van der Waals surface area contributed by atoms with Gasteiger partial charge in [-0.1, -0.05) is 11.6 Å². The minimum Gasteiger partial charge on any atom is -0.427 e. The number of halogens is 1. The number of carbonyl (C=O) groups is 1. The van der Waals surface area contributed by atoms with E-state index in [1.165, 1.54) is 19.3 Å². The van der Waals surface area contributed by atoms with E-state index < -0.39 is 5.56 Å². The number of ether oxygens (including phenoxy) is 1. The van der Waals surface area contributed by atoms with Gasteiger partial charge < -0.3 is 4.74 Å². The smallest absolute Gasteiger partial charge is 0.308 e. The van der Waals surface area contributed by atoms with E-state index in [1.807, 2.05) is 0 Å². The Balaban J connectivity index is 2.03. The molecule has 0 saturated heterocycles. The molecular formula is C13H11ClN4O3. The standard InChI is InChI=1S/C13H11ClN4O3/c1-8(19)21-10-4-2-9(3-5-10)6-15-17-11-7-16-18-13(20)12(11)14/h2-7H,1H3,(H2,17,18,20)/b15-6-. The van der Waals surface area contributed by atoms with E-state index in [2.05, 4.69) is 20.7 Å². The largest absolute Gasteiger partial charge is 0.427 e. The molecule has 1 aromatic heterocycles. The fourth-order valence-corrected chi connectivity index (χ4v) is 1.56. The van der Waals surface area contributed by atoms with Gasteiger partial charge >= 0.3 is 5.97 Å². The van der Waals surface area contributed by atoms with E-state index in [0.29, 0.717) is 11.4 Å². The third-order valence-electron chi connectivity index (χ3n) is 2.34. The summed E-state index contributed by atoms with van der Waals surface area (Å²) in [7, 11) is 0. The number of nitrogens with zero attached hydrogens (tertiary/aromatic N) is 2. The molecule has 0 saturated carbocycles. The Kier molecular flexibility index (Phi) is 4.68. The van der Waals surface area contributed by atoms with Crippen molar-refractivity contribution in [3.8, 4) is 5.75 Å². The van der Waals surface area contributed by atoms with E-state index in [9.17, 15) is 9.59 Å². The summed E-state index contributed by atoms with van der Waals surface area (Å²) in [5.41, 5.74) is 3.19. The molecule has 1 heterocycles. The second-order valence-corrected chi connectivity index (χ2v) is 4.34. The SMILES string of the molecule is CC(=O)Oc1ccc(/C=N\Nc2cn[nH]c(=O)c2Cl)cc1. The van der Waals surface area contributed by atoms with E-state index >= 15 is 0 Å². The van der Waals surface area contributed by atoms with Crippen LogP contribution in [0.1, 0.15) is 12.5 Å². The molecule has 0 amide bonds. The third-order valence-corrected chi connectivity index (χ3v) is 2.71. The van der Waals surface area contributed by atoms with Crippen LogP contribution in [0, 0.1) is 0 Å². The zero-order chi connectivity index (χ0) is 15.2. The first-order chi connectivity index (χ1) is 10.1. The van der Waals surface area contributed by atoms with E-state index in [4.69, 9.17) is 16.3 Å². The summed E-state index contributed by atoms with van der Waals surface area (Å²) in [5.74, 6) is 0.0731. The Hall–Kier alpha value is -2.67. The lowest BCUT2D eigenvalue weighted by Crippen LogP contribution is -2.10. The number of carbonyl (C=O) groups excluding carboxylic acids is 1. The molecular weight excluding hydrogens is 296 g/mol. The quantitative estimate of drug-likeness (QED) is 0.388. The number of aromatic nitrogens is 2. The molecule has 0 unspecified atom stereocenters. The lowest BCUT2D eigenvalue weighted by molar-refractivity contribution is -0.131. The molecule has 0 atom stereocenters. The van der Waals surface area contributed by atoms with Gasteiger partial charge in [0.2, 0.25) is 0 Å². The topological polar surface area (TPSA) is 96.4 Å². The third kappa shape index (κ3) is 4.15. The number of H-pyrrole nitrogens is 1. The summed E-state index contributed by atoms with van der Waals surface area (Å²) in [6.07, 6.45) is 2.87. The number of aromatic amines is 1. The van der Waals surface area contributed by atoms with Crippen LogP contribution in [0.4, 0.5) is 5.69 Å². The number of hydrogen-bond acceptors (Lipinski definition) is 6. The molecule has 0 bridgehead atoms. The van der Waals surface area contributed by atoms with Crippen molar-refractivity contribution in [2.75, 3.05) is 5.43 Å². The molecule has 21 heavy (non-hydrogen) atoms. The van der Waals surface area contributed by atoms with Gasteiger partial charge in [0.15, 0.2) is 0 Å². The zero-order valence-corrected chi connectivity index (χ0v) is 11.7. The van der Waals surface area contributed by atoms with Crippen LogP contribution in [0.15, 0.2) is 40.4 Å². The predicted molar refractivity (Wildman–Crippen MR) is 78.8 cm³/mol. The average molecular weight is 307 g/mol. The van der Waals surface area contributed by atoms with Crippen molar-refractivity contribution >= 4 is 29.5 Å². The maximum atomic E-state index is 11.2. The first kappa shape index (κ1) is 14.7. The molecule has 0 radical (unpaired) electrons. The van der Waals surface area contributed by atoms with Gasteiger partial charge in [-0.05, 0) is 29.8 Å². The van der Waals surface area contributed by atoms with Gasteiger partial charge in [0, 0.05) is 6.92 Å². The maximum Gasteiger partial charge on any atom is 0.308 e. The summed E-state index contributed by atoms with van der Waals surface area (Å²) >= 11 is 5.78. The number of hydrogen-bond donors (Lipinski definition) is 2. The molecule has 8 heteroatoms. The van der Waals surface area contributed by atoms with E-state index in [1.54, 1.807) is 24.3 Å². The molecule has 2 rings (SSSR count). The Morgan fingerprint density at radius 1 is 1.43 bits per heavy atom. The Morgan fingerprint density at radius 3 is 2.81 bits per heavy atom. The highest BCUT2D eigenvalue weighted by atomic mass is 35.5. The predicted octanol–water partition coefficient (Wildman–Crippen LogP) is 1.79. The van der Waals surface area contributed by atoms with Crippen LogP contribution in [0.2, 0.25) is 5.02 Å². The Morgan fingerprint density at radius 2 is 2.14 bits per heavy atom. The second-order valence-electron chi connectivity index (χ2n) is 3.96. The fourth-order valence-electron chi connectivity index (χ4n) is 1.43. The van der Waals surface area contributed by atoms with Crippen LogP contribution in [0.3, 0.4) is 0 Å². The summed E-state index contributed by atoms with van der Waals surface area (Å²) < 4.78 is 4.91. The van der Waals surface area contributed by atoms with Gasteiger partial charge in [0.05, 0.1) is 12.4 Å². The highest BCUT2D eigenvalue weighted by molar-refractivity contribution is 6.32. The zero-order valence-electron chi connectivity index (χ0n) is 11.0. The van der Waals surface area contributed by atoms with Crippen LogP contribution >= 0.6 is 11.6 Å². The highest BCUT2D eigenvalue weighted by Crippen LogP contribution is 2.14. The van der Waals surface area contributed by atoms with Gasteiger partial charge in [0.1, 0.15) is 16.5 Å². The molecule has 0 fully saturated rings. The van der Waals surface area contributed by atoms with Crippen LogP contribution < -0.4 is 15.7 Å². The highest BCUT2D eigenvalue weighted by Gasteiger charge is 2.02. The van der Waals surface area contributed by atoms with Gasteiger partial charge in [-0.15, -0.1) is 0 Å². The van der Waals surface area contributed by atoms with E-state index in [-0.39, 0.29) is 11.0 Å². The number of esters is 1. The molecule has 0 aliphatic rings. The van der Waals surface area contributed by atoms with Gasteiger partial charge in [-0.2, -0.15) is 10.2 Å².